The van der Waals surface area contributed by atoms with E-state index in [2.05, 4.69) is 4.98 Å². The molecule has 1 N–H and O–H groups in total. The fourth-order valence-electron chi connectivity index (χ4n) is 4.42. The average Bonchev–Trinajstić information content (AvgIpc) is 3.12. The zero-order valence-corrected chi connectivity index (χ0v) is 19.8. The van der Waals surface area contributed by atoms with Crippen LogP contribution in [0.25, 0.3) is 0 Å². The summed E-state index contributed by atoms with van der Waals surface area (Å²) in [7, 11) is 0. The second kappa shape index (κ2) is 9.11. The molecule has 1 aliphatic heterocycles. The fraction of sp³-hybridized carbons (Fsp3) is 0.103. The normalized spacial score (nSPS) is 12.6. The summed E-state index contributed by atoms with van der Waals surface area (Å²) in [5.74, 6) is -1.40. The van der Waals surface area contributed by atoms with Crippen LogP contribution in [0.4, 0.5) is 11.4 Å². The van der Waals surface area contributed by atoms with Crippen LogP contribution in [0.2, 0.25) is 0 Å². The molecule has 0 spiro atoms. The number of hydrogen-bond acceptors (Lipinski definition) is 5. The highest BCUT2D eigenvalue weighted by Gasteiger charge is 2.38. The number of carbonyl (C=O) groups excluding carboxylic acids is 3. The molecule has 5 rings (SSSR count). The van der Waals surface area contributed by atoms with Gasteiger partial charge in [-0.25, -0.2) is 4.90 Å². The van der Waals surface area contributed by atoms with Gasteiger partial charge in [-0.1, -0.05) is 35.9 Å². The van der Waals surface area contributed by atoms with Crippen molar-refractivity contribution in [2.75, 3.05) is 9.80 Å². The maximum Gasteiger partial charge on any atom is 0.266 e. The number of carbonyl (C=O) groups is 3. The number of imide groups is 1. The van der Waals surface area contributed by atoms with Crippen molar-refractivity contribution in [1.82, 2.24) is 4.98 Å². The minimum Gasteiger partial charge on any atom is -0.506 e. The van der Waals surface area contributed by atoms with Gasteiger partial charge in [0.15, 0.2) is 0 Å². The third kappa shape index (κ3) is 4.01. The van der Waals surface area contributed by atoms with Gasteiger partial charge in [-0.15, -0.1) is 0 Å². The first kappa shape index (κ1) is 23.0. The lowest BCUT2D eigenvalue weighted by Gasteiger charge is -2.23. The Morgan fingerprint density at radius 1 is 0.889 bits per heavy atom. The zero-order valence-electron chi connectivity index (χ0n) is 19.8. The predicted octanol–water partition coefficient (Wildman–Crippen LogP) is 5.05. The monoisotopic (exact) mass is 477 g/mol. The number of aryl methyl sites for hydroxylation is 2. The van der Waals surface area contributed by atoms with Gasteiger partial charge in [0.1, 0.15) is 5.75 Å². The van der Waals surface area contributed by atoms with E-state index < -0.39 is 17.7 Å². The number of benzene rings is 3. The predicted molar refractivity (Wildman–Crippen MR) is 136 cm³/mol. The van der Waals surface area contributed by atoms with Gasteiger partial charge in [0.2, 0.25) is 0 Å². The first-order valence-electron chi connectivity index (χ1n) is 11.4. The third-order valence-electron chi connectivity index (χ3n) is 6.19. The highest BCUT2D eigenvalue weighted by atomic mass is 16.3. The van der Waals surface area contributed by atoms with Crippen molar-refractivity contribution in [2.24, 2.45) is 0 Å². The molecule has 0 saturated heterocycles. The molecule has 0 aliphatic carbocycles. The molecule has 7 nitrogen and oxygen atoms in total. The van der Waals surface area contributed by atoms with E-state index in [1.165, 1.54) is 29.2 Å². The summed E-state index contributed by atoms with van der Waals surface area (Å²) in [6.45, 7) is 3.90. The Balaban J connectivity index is 1.53. The lowest BCUT2D eigenvalue weighted by molar-refractivity contribution is 0.0924. The van der Waals surface area contributed by atoms with Gasteiger partial charge in [-0.3, -0.25) is 24.3 Å². The van der Waals surface area contributed by atoms with Gasteiger partial charge in [0.05, 0.1) is 34.7 Å². The van der Waals surface area contributed by atoms with Crippen LogP contribution in [0.1, 0.15) is 47.9 Å². The lowest BCUT2D eigenvalue weighted by atomic mass is 10.0. The molecule has 36 heavy (non-hydrogen) atoms. The number of hydrogen-bond donors (Lipinski definition) is 1. The molecule has 0 unspecified atom stereocenters. The highest BCUT2D eigenvalue weighted by Crippen LogP contribution is 2.33. The first-order chi connectivity index (χ1) is 17.3. The average molecular weight is 478 g/mol. The van der Waals surface area contributed by atoms with E-state index in [1.807, 2.05) is 32.0 Å². The Hall–Kier alpha value is -4.78. The number of phenols is 1. The van der Waals surface area contributed by atoms with Crippen LogP contribution in [-0.2, 0) is 6.54 Å². The van der Waals surface area contributed by atoms with Crippen molar-refractivity contribution in [3.63, 3.8) is 0 Å². The van der Waals surface area contributed by atoms with E-state index in [4.69, 9.17) is 0 Å². The van der Waals surface area contributed by atoms with Gasteiger partial charge >= 0.3 is 0 Å². The van der Waals surface area contributed by atoms with Crippen LogP contribution in [0.15, 0.2) is 85.1 Å². The second-order valence-corrected chi connectivity index (χ2v) is 8.70. The lowest BCUT2D eigenvalue weighted by Crippen LogP contribution is -2.31. The summed E-state index contributed by atoms with van der Waals surface area (Å²) in [5.41, 5.74) is 3.92. The quantitative estimate of drug-likeness (QED) is 0.406. The summed E-state index contributed by atoms with van der Waals surface area (Å²) in [5, 5.41) is 10.5. The molecule has 3 aromatic carbocycles. The van der Waals surface area contributed by atoms with Crippen molar-refractivity contribution in [1.29, 1.82) is 0 Å². The van der Waals surface area contributed by atoms with E-state index in [1.54, 1.807) is 42.6 Å². The number of aromatic hydroxyl groups is 1. The Kier molecular flexibility index (Phi) is 5.82. The van der Waals surface area contributed by atoms with E-state index in [0.717, 1.165) is 16.0 Å². The molecule has 3 amide bonds. The molecule has 1 aliphatic rings. The van der Waals surface area contributed by atoms with Crippen molar-refractivity contribution in [3.8, 4) is 5.75 Å². The molecule has 0 fully saturated rings. The van der Waals surface area contributed by atoms with Gasteiger partial charge in [0.25, 0.3) is 17.7 Å². The van der Waals surface area contributed by atoms with E-state index in [9.17, 15) is 19.5 Å². The molecule has 7 heteroatoms. The molecule has 0 saturated carbocycles. The Bertz CT molecular complexity index is 1510. The van der Waals surface area contributed by atoms with Gasteiger partial charge in [0, 0.05) is 11.8 Å². The topological polar surface area (TPSA) is 90.8 Å². The van der Waals surface area contributed by atoms with Crippen LogP contribution in [0.5, 0.6) is 5.75 Å². The molecule has 1 aromatic heterocycles. The Morgan fingerprint density at radius 2 is 1.64 bits per heavy atom. The smallest absolute Gasteiger partial charge is 0.266 e. The number of phenolic OH excluding ortho intramolecular Hbond substituents is 1. The Morgan fingerprint density at radius 3 is 2.36 bits per heavy atom. The molecular weight excluding hydrogens is 454 g/mol. The van der Waals surface area contributed by atoms with E-state index >= 15 is 0 Å². The summed E-state index contributed by atoms with van der Waals surface area (Å²) >= 11 is 0. The molecule has 0 bridgehead atoms. The molecule has 0 atom stereocenters. The molecule has 2 heterocycles. The van der Waals surface area contributed by atoms with Gasteiger partial charge < -0.3 is 5.11 Å². The van der Waals surface area contributed by atoms with Gasteiger partial charge in [-0.05, 0) is 67.9 Å². The number of fused-ring (bicyclic) bond motifs is 1. The van der Waals surface area contributed by atoms with E-state index in [0.29, 0.717) is 17.1 Å². The summed E-state index contributed by atoms with van der Waals surface area (Å²) in [4.78, 5) is 47.0. The number of pyridine rings is 1. The van der Waals surface area contributed by atoms with Crippen molar-refractivity contribution >= 4 is 29.1 Å². The highest BCUT2D eigenvalue weighted by molar-refractivity contribution is 6.35. The number of anilines is 2. The number of rotatable bonds is 5. The van der Waals surface area contributed by atoms with Crippen LogP contribution in [-0.4, -0.2) is 27.8 Å². The fourth-order valence-corrected chi connectivity index (χ4v) is 4.42. The number of aromatic nitrogens is 1. The molecular formula is C29H23N3O4. The summed E-state index contributed by atoms with van der Waals surface area (Å²) in [6.07, 6.45) is 1.63. The van der Waals surface area contributed by atoms with Gasteiger partial charge in [-0.2, -0.15) is 0 Å². The van der Waals surface area contributed by atoms with Crippen LogP contribution in [0, 0.1) is 13.8 Å². The van der Waals surface area contributed by atoms with Crippen LogP contribution < -0.4 is 9.80 Å². The summed E-state index contributed by atoms with van der Waals surface area (Å²) < 4.78 is 0. The third-order valence-corrected chi connectivity index (χ3v) is 6.19. The maximum atomic E-state index is 13.7. The number of nitrogens with zero attached hydrogens (tertiary/aromatic N) is 3. The number of para-hydroxylation sites is 2. The standard InChI is InChI=1S/C29H23N3O4/c1-18-10-13-24(19(2)15-18)32-28(35)22-12-11-20(16-23(22)29(32)36)27(34)31(17-21-7-5-6-14-30-21)25-8-3-4-9-26(25)33/h3-16,33H,17H2,1-2H3. The van der Waals surface area contributed by atoms with Crippen molar-refractivity contribution in [2.45, 2.75) is 20.4 Å². The molecule has 4 aromatic rings. The van der Waals surface area contributed by atoms with Crippen LogP contribution in [0.3, 0.4) is 0 Å². The van der Waals surface area contributed by atoms with Crippen molar-refractivity contribution in [3.05, 3.63) is 119 Å². The van der Waals surface area contributed by atoms with Crippen LogP contribution >= 0.6 is 0 Å². The summed E-state index contributed by atoms with van der Waals surface area (Å²) in [6, 6.07) is 21.9. The second-order valence-electron chi connectivity index (χ2n) is 8.70. The first-order valence-corrected chi connectivity index (χ1v) is 11.4. The van der Waals surface area contributed by atoms with E-state index in [-0.39, 0.29) is 29.0 Å². The SMILES string of the molecule is Cc1ccc(N2C(=O)c3ccc(C(=O)N(Cc4ccccn4)c4ccccc4O)cc3C2=O)c(C)c1. The minimum atomic E-state index is -0.476. The maximum absolute atomic E-state index is 13.7. The Labute approximate surface area is 208 Å². The van der Waals surface area contributed by atoms with Crippen molar-refractivity contribution < 1.29 is 19.5 Å². The minimum absolute atomic E-state index is 0.0600. The molecule has 178 valence electrons. The largest absolute Gasteiger partial charge is 0.506 e. The zero-order chi connectivity index (χ0) is 25.4. The molecule has 0 radical (unpaired) electrons. The number of amides is 3.